The highest BCUT2D eigenvalue weighted by molar-refractivity contribution is 7.89. The number of amides is 1. The summed E-state index contributed by atoms with van der Waals surface area (Å²) < 4.78 is 35.8. The van der Waals surface area contributed by atoms with Crippen molar-refractivity contribution in [1.29, 1.82) is 0 Å². The van der Waals surface area contributed by atoms with Gasteiger partial charge in [-0.25, -0.2) is 12.7 Å². The summed E-state index contributed by atoms with van der Waals surface area (Å²) in [6.07, 6.45) is 0. The minimum Gasteiger partial charge on any atom is -0.495 e. The lowest BCUT2D eigenvalue weighted by atomic mass is 10.2. The second kappa shape index (κ2) is 7.02. The molecule has 9 heteroatoms. The van der Waals surface area contributed by atoms with Gasteiger partial charge in [0, 0.05) is 25.7 Å². The topological polar surface area (TPSA) is 102 Å². The van der Waals surface area contributed by atoms with Gasteiger partial charge in [0.05, 0.1) is 13.7 Å². The lowest BCUT2D eigenvalue weighted by Crippen LogP contribution is -2.25. The number of carbonyl (C=O) groups is 1. The van der Waals surface area contributed by atoms with Gasteiger partial charge < -0.3 is 14.6 Å². The predicted molar refractivity (Wildman–Crippen MR) is 86.3 cm³/mol. The molecule has 0 aliphatic heterocycles. The van der Waals surface area contributed by atoms with Gasteiger partial charge >= 0.3 is 0 Å². The zero-order chi connectivity index (χ0) is 17.9. The van der Waals surface area contributed by atoms with Crippen molar-refractivity contribution in [1.82, 2.24) is 14.8 Å². The Morgan fingerprint density at radius 3 is 2.58 bits per heavy atom. The smallest absolute Gasteiger partial charge is 0.251 e. The molecular weight excluding hydrogens is 334 g/mol. The number of nitrogens with zero attached hydrogens (tertiary/aromatic N) is 2. The average molecular weight is 353 g/mol. The first-order chi connectivity index (χ1) is 11.3. The number of rotatable bonds is 6. The van der Waals surface area contributed by atoms with E-state index in [-0.39, 0.29) is 22.8 Å². The monoisotopic (exact) mass is 353 g/mol. The summed E-state index contributed by atoms with van der Waals surface area (Å²) in [5.74, 6) is 0.393. The highest BCUT2D eigenvalue weighted by atomic mass is 32.2. The fourth-order valence-corrected chi connectivity index (χ4v) is 3.07. The van der Waals surface area contributed by atoms with E-state index in [1.54, 1.807) is 13.0 Å². The third-order valence-electron chi connectivity index (χ3n) is 3.29. The molecule has 1 aromatic heterocycles. The van der Waals surface area contributed by atoms with Crippen LogP contribution in [0.2, 0.25) is 0 Å². The summed E-state index contributed by atoms with van der Waals surface area (Å²) in [6.45, 7) is 1.93. The van der Waals surface area contributed by atoms with Gasteiger partial charge in [-0.1, -0.05) is 5.16 Å². The summed E-state index contributed by atoms with van der Waals surface area (Å²) in [7, 11) is 0.456. The third-order valence-corrected chi connectivity index (χ3v) is 5.13. The van der Waals surface area contributed by atoms with Gasteiger partial charge in [-0.3, -0.25) is 4.79 Å². The Labute approximate surface area is 140 Å². The molecule has 0 radical (unpaired) electrons. The molecular formula is C15H19N3O5S. The Kier molecular flexibility index (Phi) is 5.25. The summed E-state index contributed by atoms with van der Waals surface area (Å²) in [4.78, 5) is 12.2. The highest BCUT2D eigenvalue weighted by Crippen LogP contribution is 2.26. The molecule has 8 nitrogen and oxygen atoms in total. The molecule has 1 N–H and O–H groups in total. The van der Waals surface area contributed by atoms with Crippen molar-refractivity contribution in [2.45, 2.75) is 18.4 Å². The Balaban J connectivity index is 2.26. The van der Waals surface area contributed by atoms with Crippen molar-refractivity contribution in [3.05, 3.63) is 41.3 Å². The van der Waals surface area contributed by atoms with Crippen LogP contribution in [0.4, 0.5) is 0 Å². The van der Waals surface area contributed by atoms with Crippen LogP contribution in [0.3, 0.4) is 0 Å². The maximum absolute atomic E-state index is 12.4. The van der Waals surface area contributed by atoms with E-state index in [0.29, 0.717) is 11.5 Å². The number of aryl methyl sites for hydroxylation is 1. The number of methoxy groups -OCH3 is 1. The molecule has 2 aromatic rings. The van der Waals surface area contributed by atoms with E-state index in [1.807, 2.05) is 0 Å². The molecule has 1 aromatic carbocycles. The minimum atomic E-state index is -3.74. The fraction of sp³-hybridized carbons (Fsp3) is 0.333. The van der Waals surface area contributed by atoms with Crippen LogP contribution in [0, 0.1) is 6.92 Å². The second-order valence-corrected chi connectivity index (χ2v) is 7.38. The van der Waals surface area contributed by atoms with Crippen molar-refractivity contribution >= 4 is 15.9 Å². The zero-order valence-electron chi connectivity index (χ0n) is 13.9. The Morgan fingerprint density at radius 2 is 2.04 bits per heavy atom. The van der Waals surface area contributed by atoms with E-state index in [1.165, 1.54) is 39.4 Å². The van der Waals surface area contributed by atoms with Crippen molar-refractivity contribution in [3.8, 4) is 5.75 Å². The Hall–Kier alpha value is -2.39. The minimum absolute atomic E-state index is 0.0695. The van der Waals surface area contributed by atoms with Crippen LogP contribution < -0.4 is 10.1 Å². The van der Waals surface area contributed by atoms with Crippen LogP contribution in [0.1, 0.15) is 21.8 Å². The van der Waals surface area contributed by atoms with Gasteiger partial charge in [0.1, 0.15) is 22.1 Å². The fourth-order valence-electron chi connectivity index (χ4n) is 1.99. The molecule has 0 aliphatic carbocycles. The quantitative estimate of drug-likeness (QED) is 0.836. The van der Waals surface area contributed by atoms with Crippen molar-refractivity contribution in [2.75, 3.05) is 21.2 Å². The summed E-state index contributed by atoms with van der Waals surface area (Å²) in [5.41, 5.74) is 0.784. The lowest BCUT2D eigenvalue weighted by molar-refractivity contribution is 0.0950. The van der Waals surface area contributed by atoms with Crippen molar-refractivity contribution < 1.29 is 22.5 Å². The molecule has 24 heavy (non-hydrogen) atoms. The molecule has 0 spiro atoms. The molecule has 0 fully saturated rings. The van der Waals surface area contributed by atoms with Crippen LogP contribution in [0.5, 0.6) is 5.75 Å². The molecule has 0 unspecified atom stereocenters. The van der Waals surface area contributed by atoms with E-state index in [2.05, 4.69) is 10.5 Å². The maximum Gasteiger partial charge on any atom is 0.251 e. The molecule has 1 amide bonds. The van der Waals surface area contributed by atoms with Crippen molar-refractivity contribution in [3.63, 3.8) is 0 Å². The summed E-state index contributed by atoms with van der Waals surface area (Å²) in [5, 5.41) is 6.44. The first-order valence-electron chi connectivity index (χ1n) is 7.06. The summed E-state index contributed by atoms with van der Waals surface area (Å²) in [6, 6.07) is 5.94. The molecule has 0 bridgehead atoms. The number of aromatic nitrogens is 1. The zero-order valence-corrected chi connectivity index (χ0v) is 14.7. The standard InChI is InChI=1S/C15H19N3O5S/c1-10-7-12(17-23-10)9-16-15(19)11-5-6-13(22-4)14(8-11)24(20,21)18(2)3/h5-8H,9H2,1-4H3,(H,16,19). The number of benzene rings is 1. The van der Waals surface area contributed by atoms with Gasteiger partial charge in [-0.15, -0.1) is 0 Å². The number of nitrogens with one attached hydrogen (secondary N) is 1. The molecule has 1 heterocycles. The molecule has 0 saturated heterocycles. The Bertz CT molecular complexity index is 843. The largest absolute Gasteiger partial charge is 0.495 e. The van der Waals surface area contributed by atoms with Crippen LogP contribution in [-0.4, -0.2) is 45.0 Å². The van der Waals surface area contributed by atoms with E-state index in [0.717, 1.165) is 4.31 Å². The normalized spacial score (nSPS) is 11.5. The highest BCUT2D eigenvalue weighted by Gasteiger charge is 2.23. The van der Waals surface area contributed by atoms with E-state index in [9.17, 15) is 13.2 Å². The van der Waals surface area contributed by atoms with Crippen molar-refractivity contribution in [2.24, 2.45) is 0 Å². The van der Waals surface area contributed by atoms with Gasteiger partial charge in [-0.2, -0.15) is 0 Å². The molecule has 0 atom stereocenters. The van der Waals surface area contributed by atoms with Gasteiger partial charge in [0.25, 0.3) is 5.91 Å². The van der Waals surface area contributed by atoms with Crippen LogP contribution in [-0.2, 0) is 16.6 Å². The van der Waals surface area contributed by atoms with Gasteiger partial charge in [0.15, 0.2) is 0 Å². The number of ether oxygens (including phenoxy) is 1. The average Bonchev–Trinajstić information content (AvgIpc) is 2.97. The first kappa shape index (κ1) is 18.0. The SMILES string of the molecule is COc1ccc(C(=O)NCc2cc(C)on2)cc1S(=O)(=O)N(C)C. The maximum atomic E-state index is 12.4. The number of hydrogen-bond acceptors (Lipinski definition) is 6. The van der Waals surface area contributed by atoms with Crippen LogP contribution in [0.15, 0.2) is 33.7 Å². The van der Waals surface area contributed by atoms with Crippen LogP contribution in [0.25, 0.3) is 0 Å². The summed E-state index contributed by atoms with van der Waals surface area (Å²) >= 11 is 0. The Morgan fingerprint density at radius 1 is 1.33 bits per heavy atom. The molecule has 0 aliphatic rings. The van der Waals surface area contributed by atoms with Gasteiger partial charge in [0.2, 0.25) is 10.0 Å². The lowest BCUT2D eigenvalue weighted by Gasteiger charge is -2.15. The number of sulfonamides is 1. The second-order valence-electron chi connectivity index (χ2n) is 5.26. The van der Waals surface area contributed by atoms with E-state index in [4.69, 9.17) is 9.26 Å². The molecule has 2 rings (SSSR count). The van der Waals surface area contributed by atoms with Gasteiger partial charge in [-0.05, 0) is 25.1 Å². The third kappa shape index (κ3) is 3.74. The van der Waals surface area contributed by atoms with E-state index >= 15 is 0 Å². The molecule has 130 valence electrons. The number of carbonyl (C=O) groups excluding carboxylic acids is 1. The van der Waals surface area contributed by atoms with Crippen LogP contribution >= 0.6 is 0 Å². The number of hydrogen-bond donors (Lipinski definition) is 1. The first-order valence-corrected chi connectivity index (χ1v) is 8.50. The molecule has 0 saturated carbocycles. The van der Waals surface area contributed by atoms with E-state index < -0.39 is 15.9 Å². The predicted octanol–water partition coefficient (Wildman–Crippen LogP) is 1.17.